The summed E-state index contributed by atoms with van der Waals surface area (Å²) >= 11 is 0. The standard InChI is InChI=1S/C25H33N3O3S/c1-17-10-19(14-23(11-17)32(30,31)27-25(2,3)4)18-7-8-24-20(12-18)13-21(26-24)15-28-9-5-6-22(28)16-29/h7-8,10-14,22,26-27,29H,5-6,9,15-16H2,1-4H3/t22-/m1/s1. The van der Waals surface area contributed by atoms with Crippen LogP contribution in [0.5, 0.6) is 0 Å². The van der Waals surface area contributed by atoms with Gasteiger partial charge in [-0.1, -0.05) is 12.1 Å². The van der Waals surface area contributed by atoms with Crippen molar-refractivity contribution < 1.29 is 13.5 Å². The van der Waals surface area contributed by atoms with Gasteiger partial charge in [0.1, 0.15) is 0 Å². The number of hydrogen-bond acceptors (Lipinski definition) is 4. The number of aromatic nitrogens is 1. The Morgan fingerprint density at radius 3 is 2.62 bits per heavy atom. The second-order valence-corrected chi connectivity index (χ2v) is 11.6. The van der Waals surface area contributed by atoms with E-state index in [1.807, 2.05) is 45.9 Å². The number of likely N-dealkylation sites (tertiary alicyclic amines) is 1. The minimum atomic E-state index is -3.61. The first-order valence-corrected chi connectivity index (χ1v) is 12.6. The average molecular weight is 456 g/mol. The summed E-state index contributed by atoms with van der Waals surface area (Å²) in [7, 11) is -3.61. The van der Waals surface area contributed by atoms with Gasteiger partial charge < -0.3 is 10.1 Å². The van der Waals surface area contributed by atoms with Crippen LogP contribution in [0.15, 0.2) is 47.4 Å². The van der Waals surface area contributed by atoms with Gasteiger partial charge in [-0.25, -0.2) is 13.1 Å². The summed E-state index contributed by atoms with van der Waals surface area (Å²) in [6.45, 7) is 9.43. The molecular formula is C25H33N3O3S. The number of sulfonamides is 1. The SMILES string of the molecule is Cc1cc(-c2ccc3[nH]c(CN4CCC[C@@H]4CO)cc3c2)cc(S(=O)(=O)NC(C)(C)C)c1. The van der Waals surface area contributed by atoms with E-state index in [2.05, 4.69) is 26.7 Å². The van der Waals surface area contributed by atoms with Crippen LogP contribution >= 0.6 is 0 Å². The lowest BCUT2D eigenvalue weighted by Gasteiger charge is -2.21. The number of benzene rings is 2. The smallest absolute Gasteiger partial charge is 0.241 e. The van der Waals surface area contributed by atoms with Gasteiger partial charge in [0, 0.05) is 34.7 Å². The molecule has 0 spiro atoms. The zero-order chi connectivity index (χ0) is 23.1. The van der Waals surface area contributed by atoms with E-state index in [-0.39, 0.29) is 17.5 Å². The van der Waals surface area contributed by atoms with Crippen molar-refractivity contribution >= 4 is 20.9 Å². The number of aromatic amines is 1. The van der Waals surface area contributed by atoms with Gasteiger partial charge in [0.15, 0.2) is 0 Å². The van der Waals surface area contributed by atoms with Crippen molar-refractivity contribution in [3.63, 3.8) is 0 Å². The molecule has 0 bridgehead atoms. The molecule has 0 amide bonds. The number of hydrogen-bond donors (Lipinski definition) is 3. The van der Waals surface area contributed by atoms with Crippen molar-refractivity contribution in [1.29, 1.82) is 0 Å². The second-order valence-electron chi connectivity index (χ2n) is 9.94. The molecule has 0 saturated carbocycles. The van der Waals surface area contributed by atoms with Crippen LogP contribution in [-0.2, 0) is 16.6 Å². The maximum absolute atomic E-state index is 12.9. The molecule has 1 aliphatic rings. The first-order valence-electron chi connectivity index (χ1n) is 11.2. The Hall–Kier alpha value is -2.19. The highest BCUT2D eigenvalue weighted by molar-refractivity contribution is 7.89. The van der Waals surface area contributed by atoms with Crippen LogP contribution < -0.4 is 4.72 Å². The number of nitrogens with zero attached hydrogens (tertiary/aromatic N) is 1. The number of fused-ring (bicyclic) bond motifs is 1. The second kappa shape index (κ2) is 8.63. The van der Waals surface area contributed by atoms with Gasteiger partial charge >= 0.3 is 0 Å². The van der Waals surface area contributed by atoms with Crippen LogP contribution in [-0.4, -0.2) is 48.1 Å². The minimum Gasteiger partial charge on any atom is -0.395 e. The number of aryl methyl sites for hydroxylation is 1. The molecule has 3 aromatic rings. The maximum atomic E-state index is 12.9. The molecule has 0 aliphatic carbocycles. The van der Waals surface area contributed by atoms with Gasteiger partial charge in [0.05, 0.1) is 11.5 Å². The summed E-state index contributed by atoms with van der Waals surface area (Å²) in [5.74, 6) is 0. The number of H-pyrrole nitrogens is 1. The van der Waals surface area contributed by atoms with Gasteiger partial charge in [-0.15, -0.1) is 0 Å². The summed E-state index contributed by atoms with van der Waals surface area (Å²) < 4.78 is 28.5. The first kappa shape index (κ1) is 23.0. The monoisotopic (exact) mass is 455 g/mol. The number of aliphatic hydroxyl groups excluding tert-OH is 1. The zero-order valence-electron chi connectivity index (χ0n) is 19.3. The van der Waals surface area contributed by atoms with Crippen molar-refractivity contribution in [2.45, 2.75) is 63.6 Å². The van der Waals surface area contributed by atoms with Crippen LogP contribution in [0.25, 0.3) is 22.0 Å². The predicted octanol–water partition coefficient (Wildman–Crippen LogP) is 4.18. The highest BCUT2D eigenvalue weighted by atomic mass is 32.2. The van der Waals surface area contributed by atoms with E-state index in [0.29, 0.717) is 0 Å². The molecule has 1 aliphatic heterocycles. The molecule has 172 valence electrons. The summed E-state index contributed by atoms with van der Waals surface area (Å²) in [6, 6.07) is 14.0. The van der Waals surface area contributed by atoms with Gasteiger partial charge in [-0.3, -0.25) is 4.90 Å². The summed E-state index contributed by atoms with van der Waals surface area (Å²) in [5.41, 5.74) is 4.39. The van der Waals surface area contributed by atoms with Crippen molar-refractivity contribution in [2.24, 2.45) is 0 Å². The lowest BCUT2D eigenvalue weighted by atomic mass is 10.0. The summed E-state index contributed by atoms with van der Waals surface area (Å²) in [5, 5.41) is 10.7. The highest BCUT2D eigenvalue weighted by Gasteiger charge is 2.24. The number of rotatable bonds is 6. The van der Waals surface area contributed by atoms with Crippen LogP contribution in [0.3, 0.4) is 0 Å². The molecule has 0 radical (unpaired) electrons. The third-order valence-corrected chi connectivity index (χ3v) is 7.63. The first-order chi connectivity index (χ1) is 15.0. The average Bonchev–Trinajstić information content (AvgIpc) is 3.31. The van der Waals surface area contributed by atoms with E-state index in [4.69, 9.17) is 0 Å². The maximum Gasteiger partial charge on any atom is 0.241 e. The predicted molar refractivity (Wildman–Crippen MR) is 129 cm³/mol. The van der Waals surface area contributed by atoms with Crippen molar-refractivity contribution in [1.82, 2.24) is 14.6 Å². The fourth-order valence-corrected chi connectivity index (χ4v) is 6.07. The third-order valence-electron chi connectivity index (χ3n) is 5.89. The zero-order valence-corrected chi connectivity index (χ0v) is 20.1. The molecule has 2 heterocycles. The van der Waals surface area contributed by atoms with Crippen molar-refractivity contribution in [2.75, 3.05) is 13.2 Å². The third kappa shape index (κ3) is 5.07. The normalized spacial score (nSPS) is 18.0. The van der Waals surface area contributed by atoms with Crippen LogP contribution in [0.2, 0.25) is 0 Å². The number of aliphatic hydroxyl groups is 1. The Labute approximate surface area is 190 Å². The quantitative estimate of drug-likeness (QED) is 0.521. The van der Waals surface area contributed by atoms with Crippen LogP contribution in [0, 0.1) is 6.92 Å². The lowest BCUT2D eigenvalue weighted by Crippen LogP contribution is -2.40. The van der Waals surface area contributed by atoms with E-state index < -0.39 is 15.6 Å². The molecule has 3 N–H and O–H groups in total. The van der Waals surface area contributed by atoms with Gasteiger partial charge in [-0.05, 0) is 94.1 Å². The topological polar surface area (TPSA) is 85.4 Å². The molecule has 4 rings (SSSR count). The minimum absolute atomic E-state index is 0.201. The lowest BCUT2D eigenvalue weighted by molar-refractivity contribution is 0.152. The van der Waals surface area contributed by atoms with Crippen molar-refractivity contribution in [3.05, 3.63) is 53.7 Å². The molecule has 0 unspecified atom stereocenters. The largest absolute Gasteiger partial charge is 0.395 e. The van der Waals surface area contributed by atoms with E-state index in [9.17, 15) is 13.5 Å². The molecule has 6 nitrogen and oxygen atoms in total. The van der Waals surface area contributed by atoms with Crippen LogP contribution in [0.4, 0.5) is 0 Å². The summed E-state index contributed by atoms with van der Waals surface area (Å²) in [6.07, 6.45) is 2.17. The number of nitrogens with one attached hydrogen (secondary N) is 2. The van der Waals surface area contributed by atoms with Gasteiger partial charge in [-0.2, -0.15) is 0 Å². The Kier molecular flexibility index (Phi) is 6.20. The Bertz CT molecular complexity index is 1220. The molecule has 1 fully saturated rings. The highest BCUT2D eigenvalue weighted by Crippen LogP contribution is 2.29. The van der Waals surface area contributed by atoms with E-state index in [1.165, 1.54) is 0 Å². The molecule has 1 aromatic heterocycles. The molecule has 32 heavy (non-hydrogen) atoms. The summed E-state index contributed by atoms with van der Waals surface area (Å²) in [4.78, 5) is 6.09. The van der Waals surface area contributed by atoms with Gasteiger partial charge in [0.25, 0.3) is 0 Å². The molecule has 1 saturated heterocycles. The van der Waals surface area contributed by atoms with Crippen molar-refractivity contribution in [3.8, 4) is 11.1 Å². The molecule has 2 aromatic carbocycles. The molecule has 7 heteroatoms. The Morgan fingerprint density at radius 2 is 1.91 bits per heavy atom. The molecular weight excluding hydrogens is 422 g/mol. The Morgan fingerprint density at radius 1 is 1.12 bits per heavy atom. The fraction of sp³-hybridized carbons (Fsp3) is 0.440. The van der Waals surface area contributed by atoms with E-state index in [1.54, 1.807) is 12.1 Å². The van der Waals surface area contributed by atoms with E-state index in [0.717, 1.165) is 59.2 Å². The Balaban J connectivity index is 1.64. The van der Waals surface area contributed by atoms with E-state index >= 15 is 0 Å². The molecule has 1 atom stereocenters. The fourth-order valence-electron chi connectivity index (χ4n) is 4.52. The van der Waals surface area contributed by atoms with Crippen LogP contribution in [0.1, 0.15) is 44.9 Å². The van der Waals surface area contributed by atoms with Gasteiger partial charge in [0.2, 0.25) is 10.0 Å².